The van der Waals surface area contributed by atoms with Crippen LogP contribution in [0.5, 0.6) is 5.75 Å². The molecule has 0 aliphatic carbocycles. The number of carbonyl (C=O) groups is 1. The van der Waals surface area contributed by atoms with Crippen molar-refractivity contribution < 1.29 is 9.53 Å². The van der Waals surface area contributed by atoms with Gasteiger partial charge in [0.15, 0.2) is 11.8 Å². The number of hydrogen-bond donors (Lipinski definition) is 2. The van der Waals surface area contributed by atoms with E-state index in [1.807, 2.05) is 55.5 Å². The molecule has 1 amide bonds. The third-order valence-corrected chi connectivity index (χ3v) is 5.07. The fraction of sp³-hybridized carbons (Fsp3) is 0.292. The van der Waals surface area contributed by atoms with E-state index in [1.54, 1.807) is 19.1 Å². The van der Waals surface area contributed by atoms with Crippen LogP contribution >= 0.6 is 0 Å². The number of amides is 1. The number of nitrogens with zero attached hydrogens (tertiary/aromatic N) is 2. The molecule has 3 aromatic rings. The number of aromatic amines is 1. The van der Waals surface area contributed by atoms with Crippen molar-refractivity contribution in [2.24, 2.45) is 0 Å². The van der Waals surface area contributed by atoms with Gasteiger partial charge in [0.05, 0.1) is 6.54 Å². The van der Waals surface area contributed by atoms with Crippen LogP contribution in [0.3, 0.4) is 0 Å². The minimum atomic E-state index is -0.859. The molecule has 8 nitrogen and oxygen atoms in total. The highest BCUT2D eigenvalue weighted by atomic mass is 16.5. The summed E-state index contributed by atoms with van der Waals surface area (Å²) >= 11 is 0. The lowest BCUT2D eigenvalue weighted by Crippen LogP contribution is -2.46. The first kappa shape index (κ1) is 22.9. The number of nitrogens with two attached hydrogens (primary N) is 1. The van der Waals surface area contributed by atoms with E-state index in [1.165, 1.54) is 9.47 Å². The Morgan fingerprint density at radius 1 is 1.09 bits per heavy atom. The molecule has 0 spiro atoms. The number of nitrogens with one attached hydrogen (secondary N) is 1. The molecule has 1 atom stereocenters. The number of aromatic nitrogens is 2. The van der Waals surface area contributed by atoms with Crippen molar-refractivity contribution in [1.82, 2.24) is 9.55 Å². The van der Waals surface area contributed by atoms with Crippen LogP contribution in [0.4, 0.5) is 11.5 Å². The van der Waals surface area contributed by atoms with Crippen molar-refractivity contribution in [3.05, 3.63) is 87.1 Å². The van der Waals surface area contributed by atoms with Crippen LogP contribution in [-0.2, 0) is 11.3 Å². The summed E-state index contributed by atoms with van der Waals surface area (Å²) in [7, 11) is 0. The van der Waals surface area contributed by atoms with Crippen molar-refractivity contribution in [3.8, 4) is 5.75 Å². The van der Waals surface area contributed by atoms with Crippen molar-refractivity contribution in [2.75, 3.05) is 17.2 Å². The predicted octanol–water partition coefficient (Wildman–Crippen LogP) is 2.77. The van der Waals surface area contributed by atoms with Gasteiger partial charge in [0.1, 0.15) is 11.6 Å². The van der Waals surface area contributed by atoms with Gasteiger partial charge in [-0.2, -0.15) is 0 Å². The molecular weight excluding hydrogens is 408 g/mol. The first-order valence-corrected chi connectivity index (χ1v) is 10.6. The molecular formula is C24H28N4O4. The second-order valence-electron chi connectivity index (χ2n) is 7.48. The first-order chi connectivity index (χ1) is 15.4. The summed E-state index contributed by atoms with van der Waals surface area (Å²) in [5.74, 6) is 0.0723. The molecule has 0 bridgehead atoms. The molecule has 0 saturated heterocycles. The Hall–Kier alpha value is -3.81. The van der Waals surface area contributed by atoms with Gasteiger partial charge in [0.25, 0.3) is 11.5 Å². The Kier molecular flexibility index (Phi) is 7.49. The lowest BCUT2D eigenvalue weighted by atomic mass is 10.2. The average molecular weight is 437 g/mol. The van der Waals surface area contributed by atoms with Crippen LogP contribution in [-0.4, -0.2) is 28.1 Å². The maximum atomic E-state index is 13.3. The van der Waals surface area contributed by atoms with Gasteiger partial charge in [-0.05, 0) is 31.0 Å². The van der Waals surface area contributed by atoms with Crippen LogP contribution in [0.15, 0.2) is 70.3 Å². The Morgan fingerprint density at radius 3 is 2.34 bits per heavy atom. The zero-order valence-corrected chi connectivity index (χ0v) is 18.3. The highest BCUT2D eigenvalue weighted by Gasteiger charge is 2.28. The second-order valence-corrected chi connectivity index (χ2v) is 7.48. The fourth-order valence-electron chi connectivity index (χ4n) is 3.38. The summed E-state index contributed by atoms with van der Waals surface area (Å²) in [5.41, 5.74) is 5.78. The van der Waals surface area contributed by atoms with Crippen LogP contribution < -0.4 is 26.6 Å². The summed E-state index contributed by atoms with van der Waals surface area (Å²) in [6.07, 6.45) is 0.599. The van der Waals surface area contributed by atoms with Crippen LogP contribution in [0.1, 0.15) is 32.3 Å². The molecule has 1 aromatic heterocycles. The molecule has 8 heteroatoms. The third kappa shape index (κ3) is 5.26. The molecule has 0 aliphatic heterocycles. The van der Waals surface area contributed by atoms with Crippen molar-refractivity contribution in [3.63, 3.8) is 0 Å². The predicted molar refractivity (Wildman–Crippen MR) is 125 cm³/mol. The second kappa shape index (κ2) is 10.5. The van der Waals surface area contributed by atoms with E-state index in [2.05, 4.69) is 4.98 Å². The number of carbonyl (C=O) groups excluding carboxylic acids is 1. The van der Waals surface area contributed by atoms with E-state index in [0.29, 0.717) is 12.2 Å². The van der Waals surface area contributed by atoms with Crippen molar-refractivity contribution in [2.45, 2.75) is 39.3 Å². The maximum absolute atomic E-state index is 13.3. The number of benzene rings is 2. The van der Waals surface area contributed by atoms with Gasteiger partial charge in [-0.25, -0.2) is 4.79 Å². The standard InChI is InChI=1S/C24H28N4O4/c1-3-4-15-27(23(30)17(2)32-19-13-9-6-10-14-19)20-21(25)28(24(31)26-22(20)29)16-18-11-7-5-8-12-18/h5-14,17H,3-4,15-16,25H2,1-2H3,(H,26,29,31). The molecule has 0 aliphatic rings. The highest BCUT2D eigenvalue weighted by molar-refractivity contribution is 5.98. The molecule has 3 N–H and O–H groups in total. The number of unbranched alkanes of at least 4 members (excludes halogenated alkanes) is 1. The van der Waals surface area contributed by atoms with E-state index in [9.17, 15) is 14.4 Å². The minimum Gasteiger partial charge on any atom is -0.481 e. The van der Waals surface area contributed by atoms with Gasteiger partial charge < -0.3 is 15.4 Å². The van der Waals surface area contributed by atoms with E-state index in [-0.39, 0.29) is 24.6 Å². The Morgan fingerprint density at radius 2 is 1.72 bits per heavy atom. The van der Waals surface area contributed by atoms with Gasteiger partial charge >= 0.3 is 5.69 Å². The lowest BCUT2D eigenvalue weighted by Gasteiger charge is -2.27. The van der Waals surface area contributed by atoms with Crippen LogP contribution in [0.2, 0.25) is 0 Å². The number of ether oxygens (including phenoxy) is 1. The highest BCUT2D eigenvalue weighted by Crippen LogP contribution is 2.21. The molecule has 168 valence electrons. The fourth-order valence-corrected chi connectivity index (χ4v) is 3.38. The lowest BCUT2D eigenvalue weighted by molar-refractivity contribution is -0.124. The minimum absolute atomic E-state index is 0.0394. The molecule has 0 fully saturated rings. The number of para-hydroxylation sites is 1. The number of nitrogen functional groups attached to an aromatic ring is 1. The summed E-state index contributed by atoms with van der Waals surface area (Å²) in [5, 5.41) is 0. The number of H-pyrrole nitrogens is 1. The van der Waals surface area contributed by atoms with E-state index < -0.39 is 23.3 Å². The summed E-state index contributed by atoms with van der Waals surface area (Å²) in [6.45, 7) is 4.05. The van der Waals surface area contributed by atoms with Gasteiger partial charge in [-0.15, -0.1) is 0 Å². The van der Waals surface area contributed by atoms with Crippen LogP contribution in [0.25, 0.3) is 0 Å². The number of anilines is 2. The molecule has 0 radical (unpaired) electrons. The van der Waals surface area contributed by atoms with Gasteiger partial charge in [0.2, 0.25) is 0 Å². The first-order valence-electron chi connectivity index (χ1n) is 10.6. The Balaban J connectivity index is 1.99. The van der Waals surface area contributed by atoms with Crippen molar-refractivity contribution in [1.29, 1.82) is 0 Å². The van der Waals surface area contributed by atoms with Crippen LogP contribution in [0, 0.1) is 0 Å². The topological polar surface area (TPSA) is 110 Å². The Labute approximate surface area is 186 Å². The molecule has 3 rings (SSSR count). The quantitative estimate of drug-likeness (QED) is 0.536. The molecule has 32 heavy (non-hydrogen) atoms. The summed E-state index contributed by atoms with van der Waals surface area (Å²) in [4.78, 5) is 42.2. The smallest absolute Gasteiger partial charge is 0.330 e. The van der Waals surface area contributed by atoms with E-state index in [4.69, 9.17) is 10.5 Å². The summed E-state index contributed by atoms with van der Waals surface area (Å²) < 4.78 is 7.04. The Bertz CT molecular complexity index is 1160. The molecule has 0 saturated carbocycles. The monoisotopic (exact) mass is 436 g/mol. The maximum Gasteiger partial charge on any atom is 0.330 e. The normalized spacial score (nSPS) is 11.7. The van der Waals surface area contributed by atoms with E-state index >= 15 is 0 Å². The summed E-state index contributed by atoms with van der Waals surface area (Å²) in [6, 6.07) is 18.2. The zero-order valence-electron chi connectivity index (χ0n) is 18.3. The third-order valence-electron chi connectivity index (χ3n) is 5.07. The molecule has 1 unspecified atom stereocenters. The largest absolute Gasteiger partial charge is 0.481 e. The molecule has 2 aromatic carbocycles. The number of hydrogen-bond acceptors (Lipinski definition) is 5. The van der Waals surface area contributed by atoms with Gasteiger partial charge in [0, 0.05) is 6.54 Å². The SMILES string of the molecule is CCCCN(C(=O)C(C)Oc1ccccc1)c1c(N)n(Cc2ccccc2)c(=O)[nH]c1=O. The van der Waals surface area contributed by atoms with Gasteiger partial charge in [-0.1, -0.05) is 61.9 Å². The average Bonchev–Trinajstić information content (AvgIpc) is 2.79. The van der Waals surface area contributed by atoms with Crippen molar-refractivity contribution >= 4 is 17.4 Å². The number of rotatable bonds is 9. The zero-order chi connectivity index (χ0) is 23.1. The van der Waals surface area contributed by atoms with Gasteiger partial charge in [-0.3, -0.25) is 19.1 Å². The molecule has 1 heterocycles. The van der Waals surface area contributed by atoms with E-state index in [0.717, 1.165) is 12.0 Å².